The minimum absolute atomic E-state index is 0.296. The van der Waals surface area contributed by atoms with Gasteiger partial charge in [-0.05, 0) is 12.1 Å². The molecule has 0 saturated carbocycles. The van der Waals surface area contributed by atoms with Crippen LogP contribution in [0.3, 0.4) is 0 Å². The number of rotatable bonds is 4. The fourth-order valence-electron chi connectivity index (χ4n) is 0.896. The highest BCUT2D eigenvalue weighted by atomic mass is 16.6. The Bertz CT molecular complexity index is 274. The highest BCUT2D eigenvalue weighted by Gasteiger charge is 2.10. The smallest absolute Gasteiger partial charge is 0.227 e. The average Bonchev–Trinajstić information content (AvgIpc) is 2.15. The quantitative estimate of drug-likeness (QED) is 0.567. The second-order valence-corrected chi connectivity index (χ2v) is 2.88. The molecule has 0 radical (unpaired) electrons. The summed E-state index contributed by atoms with van der Waals surface area (Å²) in [6, 6.07) is 8.89. The predicted octanol–water partition coefficient (Wildman–Crippen LogP) is 1.76. The SMILES string of the molecule is CC(CNc1ccccc1)[N+](=O)[O-]. The van der Waals surface area contributed by atoms with E-state index >= 15 is 0 Å². The summed E-state index contributed by atoms with van der Waals surface area (Å²) in [5.74, 6) is 0. The highest BCUT2D eigenvalue weighted by Crippen LogP contribution is 2.04. The Morgan fingerprint density at radius 2 is 2.08 bits per heavy atom. The van der Waals surface area contributed by atoms with Crippen molar-refractivity contribution in [2.24, 2.45) is 0 Å². The third-order valence-corrected chi connectivity index (χ3v) is 1.74. The number of nitrogens with one attached hydrogen (secondary N) is 1. The molecule has 4 nitrogen and oxygen atoms in total. The van der Waals surface area contributed by atoms with Crippen molar-refractivity contribution >= 4 is 5.69 Å². The first-order chi connectivity index (χ1) is 6.20. The third-order valence-electron chi connectivity index (χ3n) is 1.74. The van der Waals surface area contributed by atoms with Gasteiger partial charge in [0.1, 0.15) is 0 Å². The van der Waals surface area contributed by atoms with Crippen molar-refractivity contribution in [1.82, 2.24) is 0 Å². The van der Waals surface area contributed by atoms with E-state index < -0.39 is 6.04 Å². The summed E-state index contributed by atoms with van der Waals surface area (Å²) in [6.07, 6.45) is 0. The maximum atomic E-state index is 10.3. The third kappa shape index (κ3) is 3.11. The van der Waals surface area contributed by atoms with E-state index in [4.69, 9.17) is 0 Å². The molecule has 70 valence electrons. The average molecular weight is 180 g/mol. The molecule has 0 aromatic heterocycles. The molecule has 1 aromatic rings. The Labute approximate surface area is 76.7 Å². The number of hydrogen-bond acceptors (Lipinski definition) is 3. The second kappa shape index (κ2) is 4.45. The number of para-hydroxylation sites is 1. The zero-order valence-corrected chi connectivity index (χ0v) is 7.43. The molecule has 0 spiro atoms. The standard InChI is InChI=1S/C9H12N2O2/c1-8(11(12)13)7-10-9-5-3-2-4-6-9/h2-6,8,10H,7H2,1H3. The number of benzene rings is 1. The van der Waals surface area contributed by atoms with Crippen LogP contribution in [0.1, 0.15) is 6.92 Å². The number of nitro groups is 1. The van der Waals surface area contributed by atoms with Gasteiger partial charge in [-0.3, -0.25) is 10.1 Å². The van der Waals surface area contributed by atoms with Crippen LogP contribution in [0, 0.1) is 10.1 Å². The van der Waals surface area contributed by atoms with Crippen LogP contribution in [0.2, 0.25) is 0 Å². The monoisotopic (exact) mass is 180 g/mol. The summed E-state index contributed by atoms with van der Waals surface area (Å²) in [6.45, 7) is 1.94. The molecule has 0 fully saturated rings. The molecule has 0 saturated heterocycles. The molecule has 1 aromatic carbocycles. The summed E-state index contributed by atoms with van der Waals surface area (Å²) in [5.41, 5.74) is 0.913. The van der Waals surface area contributed by atoms with E-state index in [0.29, 0.717) is 6.54 Å². The lowest BCUT2D eigenvalue weighted by Gasteiger charge is -2.06. The van der Waals surface area contributed by atoms with E-state index in [1.165, 1.54) is 0 Å². The van der Waals surface area contributed by atoms with Gasteiger partial charge in [0.2, 0.25) is 6.04 Å². The van der Waals surface area contributed by atoms with Crippen molar-refractivity contribution in [2.45, 2.75) is 13.0 Å². The first-order valence-electron chi connectivity index (χ1n) is 4.12. The van der Waals surface area contributed by atoms with E-state index in [2.05, 4.69) is 5.32 Å². The van der Waals surface area contributed by atoms with Gasteiger partial charge in [0.15, 0.2) is 0 Å². The van der Waals surface area contributed by atoms with Crippen LogP contribution in [0.15, 0.2) is 30.3 Å². The minimum Gasteiger partial charge on any atom is -0.378 e. The lowest BCUT2D eigenvalue weighted by Crippen LogP contribution is -2.24. The highest BCUT2D eigenvalue weighted by molar-refractivity contribution is 5.42. The molecule has 0 amide bonds. The van der Waals surface area contributed by atoms with Crippen LogP contribution in [-0.2, 0) is 0 Å². The van der Waals surface area contributed by atoms with Gasteiger partial charge >= 0.3 is 0 Å². The van der Waals surface area contributed by atoms with Gasteiger partial charge in [0.25, 0.3) is 0 Å². The van der Waals surface area contributed by atoms with E-state index in [1.54, 1.807) is 6.92 Å². The molecule has 1 N–H and O–H groups in total. The largest absolute Gasteiger partial charge is 0.378 e. The van der Waals surface area contributed by atoms with E-state index in [1.807, 2.05) is 30.3 Å². The fourth-order valence-corrected chi connectivity index (χ4v) is 0.896. The molecule has 1 atom stereocenters. The first kappa shape index (κ1) is 9.51. The van der Waals surface area contributed by atoms with Gasteiger partial charge < -0.3 is 5.32 Å². The Balaban J connectivity index is 2.39. The Morgan fingerprint density at radius 3 is 2.62 bits per heavy atom. The lowest BCUT2D eigenvalue weighted by atomic mass is 10.3. The van der Waals surface area contributed by atoms with Gasteiger partial charge in [-0.15, -0.1) is 0 Å². The molecule has 4 heteroatoms. The number of nitrogens with zero attached hydrogens (tertiary/aromatic N) is 1. The molecule has 0 aliphatic rings. The van der Waals surface area contributed by atoms with Crippen LogP contribution in [-0.4, -0.2) is 17.5 Å². The van der Waals surface area contributed by atoms with Crippen LogP contribution in [0.4, 0.5) is 5.69 Å². The molecule has 13 heavy (non-hydrogen) atoms. The van der Waals surface area contributed by atoms with Crippen molar-refractivity contribution in [3.8, 4) is 0 Å². The normalized spacial score (nSPS) is 12.1. The van der Waals surface area contributed by atoms with Gasteiger partial charge in [-0.1, -0.05) is 18.2 Å². The molecule has 1 rings (SSSR count). The molecule has 0 heterocycles. The van der Waals surface area contributed by atoms with Crippen molar-refractivity contribution in [3.63, 3.8) is 0 Å². The Morgan fingerprint density at radius 1 is 1.46 bits per heavy atom. The van der Waals surface area contributed by atoms with Gasteiger partial charge in [0.05, 0.1) is 6.54 Å². The predicted molar refractivity (Wildman–Crippen MR) is 51.4 cm³/mol. The zero-order valence-electron chi connectivity index (χ0n) is 7.43. The molecule has 0 aliphatic carbocycles. The second-order valence-electron chi connectivity index (χ2n) is 2.88. The van der Waals surface area contributed by atoms with Gasteiger partial charge in [-0.2, -0.15) is 0 Å². The summed E-state index contributed by atoms with van der Waals surface area (Å²) < 4.78 is 0. The summed E-state index contributed by atoms with van der Waals surface area (Å²) >= 11 is 0. The van der Waals surface area contributed by atoms with Gasteiger partial charge in [-0.25, -0.2) is 0 Å². The Kier molecular flexibility index (Phi) is 3.25. The summed E-state index contributed by atoms with van der Waals surface area (Å²) in [7, 11) is 0. The van der Waals surface area contributed by atoms with Crippen LogP contribution >= 0.6 is 0 Å². The fraction of sp³-hybridized carbons (Fsp3) is 0.333. The van der Waals surface area contributed by atoms with E-state index in [9.17, 15) is 10.1 Å². The Hall–Kier alpha value is -1.58. The number of anilines is 1. The topological polar surface area (TPSA) is 55.2 Å². The van der Waals surface area contributed by atoms with Crippen molar-refractivity contribution in [2.75, 3.05) is 11.9 Å². The van der Waals surface area contributed by atoms with Crippen molar-refractivity contribution in [3.05, 3.63) is 40.4 Å². The number of hydrogen-bond donors (Lipinski definition) is 1. The summed E-state index contributed by atoms with van der Waals surface area (Å²) in [4.78, 5) is 9.99. The zero-order chi connectivity index (χ0) is 9.68. The molecular formula is C9H12N2O2. The van der Waals surface area contributed by atoms with Crippen LogP contribution in [0.5, 0.6) is 0 Å². The van der Waals surface area contributed by atoms with Crippen molar-refractivity contribution < 1.29 is 4.92 Å². The lowest BCUT2D eigenvalue weighted by molar-refractivity contribution is -0.514. The van der Waals surface area contributed by atoms with Crippen LogP contribution < -0.4 is 5.32 Å². The maximum absolute atomic E-state index is 10.3. The first-order valence-corrected chi connectivity index (χ1v) is 4.12. The van der Waals surface area contributed by atoms with Crippen LogP contribution in [0.25, 0.3) is 0 Å². The maximum Gasteiger partial charge on any atom is 0.227 e. The van der Waals surface area contributed by atoms with E-state index in [0.717, 1.165) is 5.69 Å². The van der Waals surface area contributed by atoms with Gasteiger partial charge in [0, 0.05) is 17.5 Å². The molecule has 0 aliphatic heterocycles. The van der Waals surface area contributed by atoms with Crippen molar-refractivity contribution in [1.29, 1.82) is 0 Å². The molecular weight excluding hydrogens is 168 g/mol. The van der Waals surface area contributed by atoms with E-state index in [-0.39, 0.29) is 4.92 Å². The summed E-state index contributed by atoms with van der Waals surface area (Å²) in [5, 5.41) is 13.3. The minimum atomic E-state index is -0.555. The molecule has 0 bridgehead atoms. The molecule has 1 unspecified atom stereocenters.